The predicted octanol–water partition coefficient (Wildman–Crippen LogP) is 3.73. The Balaban J connectivity index is 1.83. The van der Waals surface area contributed by atoms with E-state index in [0.29, 0.717) is 5.25 Å². The summed E-state index contributed by atoms with van der Waals surface area (Å²) in [5.74, 6) is 0.861. The minimum absolute atomic E-state index is 0.333. The fraction of sp³-hybridized carbons (Fsp3) is 0.188. The lowest BCUT2D eigenvalue weighted by molar-refractivity contribution is 0.790. The van der Waals surface area contributed by atoms with Gasteiger partial charge in [-0.15, -0.1) is 10.2 Å². The second-order valence-electron chi connectivity index (χ2n) is 4.77. The molecule has 1 aromatic carbocycles. The number of thioether (sulfide) groups is 1. The Bertz CT molecular complexity index is 710. The van der Waals surface area contributed by atoms with Crippen molar-refractivity contribution in [2.75, 3.05) is 0 Å². The van der Waals surface area contributed by atoms with Crippen LogP contribution in [0, 0.1) is 0 Å². The van der Waals surface area contributed by atoms with Gasteiger partial charge >= 0.3 is 0 Å². The molecule has 0 aliphatic carbocycles. The summed E-state index contributed by atoms with van der Waals surface area (Å²) in [5.41, 5.74) is 2.31. The van der Waals surface area contributed by atoms with Crippen molar-refractivity contribution in [3.05, 3.63) is 60.4 Å². The molecule has 0 saturated heterocycles. The van der Waals surface area contributed by atoms with Crippen LogP contribution in [-0.2, 0) is 7.05 Å². The first kappa shape index (κ1) is 13.8. The number of benzene rings is 1. The molecule has 106 valence electrons. The summed E-state index contributed by atoms with van der Waals surface area (Å²) in [4.78, 5) is 4.03. The Morgan fingerprint density at radius 3 is 2.43 bits per heavy atom. The summed E-state index contributed by atoms with van der Waals surface area (Å²) in [5, 5.41) is 9.86. The Labute approximate surface area is 128 Å². The van der Waals surface area contributed by atoms with E-state index in [-0.39, 0.29) is 0 Å². The van der Waals surface area contributed by atoms with E-state index < -0.39 is 0 Å². The summed E-state index contributed by atoms with van der Waals surface area (Å²) in [6.45, 7) is 2.18. The van der Waals surface area contributed by atoms with Crippen LogP contribution in [0.15, 0.2) is 60.0 Å². The molecule has 0 unspecified atom stereocenters. The van der Waals surface area contributed by atoms with E-state index >= 15 is 0 Å². The van der Waals surface area contributed by atoms with E-state index in [1.54, 1.807) is 24.2 Å². The van der Waals surface area contributed by atoms with Crippen LogP contribution in [0.2, 0.25) is 0 Å². The molecule has 0 aliphatic rings. The van der Waals surface area contributed by atoms with Gasteiger partial charge in [0.25, 0.3) is 0 Å². The third-order valence-corrected chi connectivity index (χ3v) is 4.52. The van der Waals surface area contributed by atoms with Crippen molar-refractivity contribution in [1.82, 2.24) is 19.7 Å². The third-order valence-electron chi connectivity index (χ3n) is 3.32. The molecule has 3 aromatic rings. The fourth-order valence-corrected chi connectivity index (χ4v) is 3.06. The molecule has 5 heteroatoms. The van der Waals surface area contributed by atoms with E-state index in [1.165, 1.54) is 5.56 Å². The smallest absolute Gasteiger partial charge is 0.191 e. The van der Waals surface area contributed by atoms with Gasteiger partial charge in [-0.25, -0.2) is 0 Å². The van der Waals surface area contributed by atoms with Crippen LogP contribution in [0.5, 0.6) is 0 Å². The summed E-state index contributed by atoms with van der Waals surface area (Å²) in [7, 11) is 2.00. The number of aromatic nitrogens is 4. The molecule has 0 spiro atoms. The predicted molar refractivity (Wildman–Crippen MR) is 84.9 cm³/mol. The molecule has 0 fully saturated rings. The van der Waals surface area contributed by atoms with Crippen LogP contribution in [0.4, 0.5) is 0 Å². The van der Waals surface area contributed by atoms with Gasteiger partial charge in [0.05, 0.1) is 0 Å². The molecule has 2 aromatic heterocycles. The summed E-state index contributed by atoms with van der Waals surface area (Å²) >= 11 is 1.71. The molecule has 21 heavy (non-hydrogen) atoms. The highest BCUT2D eigenvalue weighted by Crippen LogP contribution is 2.34. The molecule has 0 saturated carbocycles. The Morgan fingerprint density at radius 1 is 1.00 bits per heavy atom. The molecular formula is C16H16N4S. The maximum Gasteiger partial charge on any atom is 0.191 e. The van der Waals surface area contributed by atoms with E-state index in [0.717, 1.165) is 16.5 Å². The molecule has 3 rings (SSSR count). The Hall–Kier alpha value is -2.14. The summed E-state index contributed by atoms with van der Waals surface area (Å²) in [6, 6.07) is 14.3. The van der Waals surface area contributed by atoms with Gasteiger partial charge in [-0.05, 0) is 24.6 Å². The highest BCUT2D eigenvalue weighted by molar-refractivity contribution is 7.99. The van der Waals surface area contributed by atoms with Gasteiger partial charge in [0.2, 0.25) is 0 Å². The van der Waals surface area contributed by atoms with Gasteiger partial charge in [-0.1, -0.05) is 42.1 Å². The maximum absolute atomic E-state index is 4.31. The van der Waals surface area contributed by atoms with Crippen LogP contribution in [0.1, 0.15) is 17.7 Å². The molecule has 0 bridgehead atoms. The van der Waals surface area contributed by atoms with Crippen LogP contribution >= 0.6 is 11.8 Å². The lowest BCUT2D eigenvalue weighted by Crippen LogP contribution is -1.96. The fourth-order valence-electron chi connectivity index (χ4n) is 2.12. The third kappa shape index (κ3) is 2.97. The zero-order chi connectivity index (χ0) is 14.7. The Morgan fingerprint density at radius 2 is 1.71 bits per heavy atom. The number of pyridine rings is 1. The molecule has 0 aliphatic heterocycles. The standard InChI is InChI=1S/C16H16N4S/c1-12(13-6-4-3-5-7-13)21-16-19-18-15(20(16)2)14-8-10-17-11-9-14/h3-12H,1-2H3/t12-/m1/s1. The zero-order valence-electron chi connectivity index (χ0n) is 12.0. The van der Waals surface area contributed by atoms with Crippen molar-refractivity contribution in [1.29, 1.82) is 0 Å². The molecule has 0 N–H and O–H groups in total. The molecule has 0 radical (unpaired) electrons. The first-order chi connectivity index (χ1) is 10.3. The highest BCUT2D eigenvalue weighted by Gasteiger charge is 2.15. The van der Waals surface area contributed by atoms with Gasteiger partial charge in [-0.3, -0.25) is 4.98 Å². The molecule has 4 nitrogen and oxygen atoms in total. The number of hydrogen-bond donors (Lipinski definition) is 0. The first-order valence-corrected chi connectivity index (χ1v) is 7.65. The zero-order valence-corrected chi connectivity index (χ0v) is 12.8. The van der Waals surface area contributed by atoms with Crippen molar-refractivity contribution in [3.63, 3.8) is 0 Å². The quantitative estimate of drug-likeness (QED) is 0.688. The average Bonchev–Trinajstić information content (AvgIpc) is 2.90. The molecule has 0 amide bonds. The molecule has 1 atom stereocenters. The van der Waals surface area contributed by atoms with Gasteiger partial charge in [0.1, 0.15) is 0 Å². The van der Waals surface area contributed by atoms with Crippen LogP contribution < -0.4 is 0 Å². The minimum atomic E-state index is 0.333. The highest BCUT2D eigenvalue weighted by atomic mass is 32.2. The topological polar surface area (TPSA) is 43.6 Å². The van der Waals surface area contributed by atoms with Crippen LogP contribution in [0.3, 0.4) is 0 Å². The van der Waals surface area contributed by atoms with E-state index in [4.69, 9.17) is 0 Å². The maximum atomic E-state index is 4.31. The average molecular weight is 296 g/mol. The van der Waals surface area contributed by atoms with Crippen molar-refractivity contribution in [3.8, 4) is 11.4 Å². The van der Waals surface area contributed by atoms with E-state index in [9.17, 15) is 0 Å². The van der Waals surface area contributed by atoms with E-state index in [2.05, 4.69) is 46.4 Å². The molecule has 2 heterocycles. The van der Waals surface area contributed by atoms with Crippen LogP contribution in [-0.4, -0.2) is 19.7 Å². The number of hydrogen-bond acceptors (Lipinski definition) is 4. The number of rotatable bonds is 4. The number of nitrogens with zero attached hydrogens (tertiary/aromatic N) is 4. The van der Waals surface area contributed by atoms with Gasteiger partial charge < -0.3 is 4.57 Å². The van der Waals surface area contributed by atoms with Crippen LogP contribution in [0.25, 0.3) is 11.4 Å². The summed E-state index contributed by atoms with van der Waals surface area (Å²) < 4.78 is 2.03. The lowest BCUT2D eigenvalue weighted by atomic mass is 10.2. The van der Waals surface area contributed by atoms with Crippen molar-refractivity contribution in [2.45, 2.75) is 17.3 Å². The van der Waals surface area contributed by atoms with E-state index in [1.807, 2.05) is 29.8 Å². The normalized spacial score (nSPS) is 12.3. The second-order valence-corrected chi connectivity index (χ2v) is 6.08. The van der Waals surface area contributed by atoms with Gasteiger partial charge in [0.15, 0.2) is 11.0 Å². The lowest BCUT2D eigenvalue weighted by Gasteiger charge is -2.10. The SMILES string of the molecule is C[C@@H](Sc1nnc(-c2ccncc2)n1C)c1ccccc1. The van der Waals surface area contributed by atoms with Crippen molar-refractivity contribution >= 4 is 11.8 Å². The second kappa shape index (κ2) is 6.10. The summed E-state index contributed by atoms with van der Waals surface area (Å²) in [6.07, 6.45) is 3.53. The first-order valence-electron chi connectivity index (χ1n) is 6.77. The largest absolute Gasteiger partial charge is 0.305 e. The molecular weight excluding hydrogens is 280 g/mol. The monoisotopic (exact) mass is 296 g/mol. The van der Waals surface area contributed by atoms with Crippen molar-refractivity contribution in [2.24, 2.45) is 7.05 Å². The van der Waals surface area contributed by atoms with Gasteiger partial charge in [-0.2, -0.15) is 0 Å². The van der Waals surface area contributed by atoms with Crippen molar-refractivity contribution < 1.29 is 0 Å². The minimum Gasteiger partial charge on any atom is -0.305 e. The van der Waals surface area contributed by atoms with Gasteiger partial charge in [0, 0.05) is 30.3 Å². The Kier molecular flexibility index (Phi) is 4.01.